The molecule has 1 heterocycles. The molecule has 0 aliphatic carbocycles. The summed E-state index contributed by atoms with van der Waals surface area (Å²) in [4.78, 5) is 17.2. The van der Waals surface area contributed by atoms with Crippen LogP contribution >= 0.6 is 0 Å². The van der Waals surface area contributed by atoms with Gasteiger partial charge in [0, 0.05) is 25.9 Å². The van der Waals surface area contributed by atoms with Crippen molar-refractivity contribution in [2.75, 3.05) is 6.54 Å². The number of hydrogen-bond acceptors (Lipinski definition) is 2. The summed E-state index contributed by atoms with van der Waals surface area (Å²) in [5.74, 6) is 1.20. The van der Waals surface area contributed by atoms with Crippen LogP contribution in [0.25, 0.3) is 11.0 Å². The number of unbranched alkanes of at least 4 members (excludes halogenated alkanes) is 13. The number of para-hydroxylation sites is 2. The van der Waals surface area contributed by atoms with Crippen LogP contribution < -0.4 is 5.32 Å². The number of carbonyl (C=O) groups excluding carboxylic acids is 1. The van der Waals surface area contributed by atoms with E-state index in [2.05, 4.69) is 53.2 Å². The molecule has 3 aromatic rings. The van der Waals surface area contributed by atoms with Gasteiger partial charge in [0.2, 0.25) is 5.91 Å². The van der Waals surface area contributed by atoms with Gasteiger partial charge in [-0.25, -0.2) is 4.98 Å². The Hall–Kier alpha value is -2.62. The van der Waals surface area contributed by atoms with Crippen molar-refractivity contribution in [3.63, 3.8) is 0 Å². The normalized spacial score (nSPS) is 11.3. The maximum atomic E-state index is 12.3. The molecule has 0 aliphatic heterocycles. The van der Waals surface area contributed by atoms with Gasteiger partial charge in [0.1, 0.15) is 5.82 Å². The van der Waals surface area contributed by atoms with Gasteiger partial charge in [-0.15, -0.1) is 0 Å². The fraction of sp³-hybridized carbons (Fsp3) is 0.588. The van der Waals surface area contributed by atoms with Crippen molar-refractivity contribution in [1.29, 1.82) is 0 Å². The minimum atomic E-state index is 0.114. The zero-order valence-electron chi connectivity index (χ0n) is 23.9. The summed E-state index contributed by atoms with van der Waals surface area (Å²) in [7, 11) is 0. The third-order valence-corrected chi connectivity index (χ3v) is 7.62. The number of hydrogen-bond donors (Lipinski definition) is 1. The summed E-state index contributed by atoms with van der Waals surface area (Å²) >= 11 is 0. The molecule has 4 nitrogen and oxygen atoms in total. The van der Waals surface area contributed by atoms with Crippen LogP contribution in [-0.4, -0.2) is 22.0 Å². The SMILES string of the molecule is CCCCCCCCCCCCCCCCn1c(CCNC(=O)CCc2ccccc2)nc2ccccc21. The van der Waals surface area contributed by atoms with Gasteiger partial charge in [0.05, 0.1) is 11.0 Å². The molecular formula is C34H51N3O. The van der Waals surface area contributed by atoms with E-state index in [0.29, 0.717) is 13.0 Å². The van der Waals surface area contributed by atoms with Gasteiger partial charge in [0.15, 0.2) is 0 Å². The highest BCUT2D eigenvalue weighted by Gasteiger charge is 2.11. The summed E-state index contributed by atoms with van der Waals surface area (Å²) in [5.41, 5.74) is 3.48. The third-order valence-electron chi connectivity index (χ3n) is 7.62. The largest absolute Gasteiger partial charge is 0.356 e. The number of nitrogens with one attached hydrogen (secondary N) is 1. The number of aryl methyl sites for hydroxylation is 2. The molecule has 0 unspecified atom stereocenters. The van der Waals surface area contributed by atoms with Crippen molar-refractivity contribution >= 4 is 16.9 Å². The molecule has 0 fully saturated rings. The zero-order chi connectivity index (χ0) is 26.7. The monoisotopic (exact) mass is 517 g/mol. The van der Waals surface area contributed by atoms with Crippen LogP contribution in [0.4, 0.5) is 0 Å². The molecule has 0 spiro atoms. The summed E-state index contributed by atoms with van der Waals surface area (Å²) < 4.78 is 2.38. The smallest absolute Gasteiger partial charge is 0.220 e. The fourth-order valence-corrected chi connectivity index (χ4v) is 5.33. The first-order valence-corrected chi connectivity index (χ1v) is 15.5. The number of aromatic nitrogens is 2. The first-order valence-electron chi connectivity index (χ1n) is 15.5. The van der Waals surface area contributed by atoms with Gasteiger partial charge in [-0.2, -0.15) is 0 Å². The van der Waals surface area contributed by atoms with Crippen molar-refractivity contribution in [1.82, 2.24) is 14.9 Å². The topological polar surface area (TPSA) is 46.9 Å². The number of benzene rings is 2. The molecule has 1 N–H and O–H groups in total. The van der Waals surface area contributed by atoms with Gasteiger partial charge < -0.3 is 9.88 Å². The average Bonchev–Trinajstić information content (AvgIpc) is 3.30. The fourth-order valence-electron chi connectivity index (χ4n) is 5.33. The van der Waals surface area contributed by atoms with Crippen molar-refractivity contribution in [3.8, 4) is 0 Å². The number of amides is 1. The minimum Gasteiger partial charge on any atom is -0.356 e. The maximum Gasteiger partial charge on any atom is 0.220 e. The summed E-state index contributed by atoms with van der Waals surface area (Å²) in [6.45, 7) is 3.93. The Morgan fingerprint density at radius 3 is 1.95 bits per heavy atom. The Labute approximate surface area is 231 Å². The number of rotatable bonds is 21. The highest BCUT2D eigenvalue weighted by Crippen LogP contribution is 2.18. The molecule has 4 heteroatoms. The molecule has 0 bridgehead atoms. The zero-order valence-corrected chi connectivity index (χ0v) is 23.9. The molecule has 0 radical (unpaired) electrons. The van der Waals surface area contributed by atoms with E-state index in [1.54, 1.807) is 0 Å². The number of imidazole rings is 1. The van der Waals surface area contributed by atoms with Crippen molar-refractivity contribution in [2.45, 2.75) is 123 Å². The number of nitrogens with zero attached hydrogens (tertiary/aromatic N) is 2. The molecule has 0 atom stereocenters. The molecule has 1 aromatic heterocycles. The van der Waals surface area contributed by atoms with Crippen LogP contribution in [0, 0.1) is 0 Å². The predicted molar refractivity (Wildman–Crippen MR) is 162 cm³/mol. The highest BCUT2D eigenvalue weighted by atomic mass is 16.1. The highest BCUT2D eigenvalue weighted by molar-refractivity contribution is 5.77. The van der Waals surface area contributed by atoms with Gasteiger partial charge in [0.25, 0.3) is 0 Å². The van der Waals surface area contributed by atoms with Crippen LogP contribution in [-0.2, 0) is 24.2 Å². The lowest BCUT2D eigenvalue weighted by Crippen LogP contribution is -2.26. The molecule has 1 amide bonds. The Balaban J connectivity index is 1.30. The van der Waals surface area contributed by atoms with Gasteiger partial charge in [-0.05, 0) is 30.5 Å². The van der Waals surface area contributed by atoms with E-state index in [4.69, 9.17) is 4.98 Å². The number of carbonyl (C=O) groups is 1. The van der Waals surface area contributed by atoms with Gasteiger partial charge in [-0.3, -0.25) is 4.79 Å². The Kier molecular flexibility index (Phi) is 14.7. The van der Waals surface area contributed by atoms with Crippen LogP contribution in [0.15, 0.2) is 54.6 Å². The molecular weight excluding hydrogens is 466 g/mol. The second kappa shape index (κ2) is 18.6. The van der Waals surface area contributed by atoms with Crippen molar-refractivity contribution in [2.24, 2.45) is 0 Å². The van der Waals surface area contributed by atoms with Crippen LogP contribution in [0.5, 0.6) is 0 Å². The summed E-state index contributed by atoms with van der Waals surface area (Å²) in [6.07, 6.45) is 21.4. The summed E-state index contributed by atoms with van der Waals surface area (Å²) in [5, 5.41) is 3.10. The van der Waals surface area contributed by atoms with Crippen LogP contribution in [0.2, 0.25) is 0 Å². The first kappa shape index (κ1) is 29.9. The Morgan fingerprint density at radius 2 is 1.29 bits per heavy atom. The Bertz CT molecular complexity index is 1030. The lowest BCUT2D eigenvalue weighted by atomic mass is 10.0. The molecule has 208 valence electrons. The van der Waals surface area contributed by atoms with Gasteiger partial charge >= 0.3 is 0 Å². The predicted octanol–water partition coefficient (Wildman–Crippen LogP) is 8.81. The van der Waals surface area contributed by atoms with E-state index in [1.807, 2.05) is 18.2 Å². The van der Waals surface area contributed by atoms with E-state index < -0.39 is 0 Å². The molecule has 0 aliphatic rings. The lowest BCUT2D eigenvalue weighted by molar-refractivity contribution is -0.121. The van der Waals surface area contributed by atoms with E-state index in [-0.39, 0.29) is 5.91 Å². The van der Waals surface area contributed by atoms with Gasteiger partial charge in [-0.1, -0.05) is 133 Å². The quantitative estimate of drug-likeness (QED) is 0.143. The third kappa shape index (κ3) is 11.4. The van der Waals surface area contributed by atoms with Crippen LogP contribution in [0.1, 0.15) is 115 Å². The van der Waals surface area contributed by atoms with Crippen LogP contribution in [0.3, 0.4) is 0 Å². The second-order valence-electron chi connectivity index (χ2n) is 10.9. The summed E-state index contributed by atoms with van der Waals surface area (Å²) in [6, 6.07) is 18.6. The van der Waals surface area contributed by atoms with E-state index >= 15 is 0 Å². The Morgan fingerprint density at radius 1 is 0.711 bits per heavy atom. The maximum absolute atomic E-state index is 12.3. The molecule has 38 heavy (non-hydrogen) atoms. The van der Waals surface area contributed by atoms with Crippen molar-refractivity contribution in [3.05, 3.63) is 66.0 Å². The van der Waals surface area contributed by atoms with E-state index in [9.17, 15) is 4.79 Å². The molecule has 3 rings (SSSR count). The van der Waals surface area contributed by atoms with E-state index in [1.165, 1.54) is 101 Å². The molecule has 0 saturated heterocycles. The van der Waals surface area contributed by atoms with E-state index in [0.717, 1.165) is 30.7 Å². The molecule has 2 aromatic carbocycles. The standard InChI is InChI=1S/C34H51N3O/c1-2-3-4-5-6-7-8-9-10-11-12-13-14-20-29-37-32-24-19-18-23-31(32)36-33(37)27-28-35-34(38)26-25-30-21-16-15-17-22-30/h15-19,21-24H,2-14,20,25-29H2,1H3,(H,35,38). The average molecular weight is 518 g/mol. The first-order chi connectivity index (χ1) is 18.8. The molecule has 0 saturated carbocycles. The second-order valence-corrected chi connectivity index (χ2v) is 10.9. The number of fused-ring (bicyclic) bond motifs is 1. The lowest BCUT2D eigenvalue weighted by Gasteiger charge is -2.10. The van der Waals surface area contributed by atoms with Crippen molar-refractivity contribution < 1.29 is 4.79 Å². The minimum absolute atomic E-state index is 0.114.